The van der Waals surface area contributed by atoms with Gasteiger partial charge >= 0.3 is 0 Å². The van der Waals surface area contributed by atoms with Crippen LogP contribution in [0.4, 0.5) is 0 Å². The Balaban J connectivity index is 3.63. The van der Waals surface area contributed by atoms with Gasteiger partial charge in [-0.15, -0.1) is 6.58 Å². The Labute approximate surface area is 64.7 Å². The van der Waals surface area contributed by atoms with Gasteiger partial charge in [0.15, 0.2) is 0 Å². The van der Waals surface area contributed by atoms with E-state index in [0.717, 1.165) is 19.5 Å². The van der Waals surface area contributed by atoms with Gasteiger partial charge in [0, 0.05) is 6.04 Å². The van der Waals surface area contributed by atoms with Crippen molar-refractivity contribution in [2.75, 3.05) is 13.1 Å². The Bertz CT molecular complexity index is 84.7. The van der Waals surface area contributed by atoms with Crippen LogP contribution in [0.1, 0.15) is 27.2 Å². The van der Waals surface area contributed by atoms with Crippen molar-refractivity contribution in [3.05, 3.63) is 12.7 Å². The fraction of sp³-hybridized carbons (Fsp3) is 0.778. The molecule has 10 heavy (non-hydrogen) atoms. The third kappa shape index (κ3) is 3.02. The zero-order chi connectivity index (χ0) is 7.98. The summed E-state index contributed by atoms with van der Waals surface area (Å²) < 4.78 is 0. The number of hydrogen-bond donors (Lipinski definition) is 0. The molecule has 0 aliphatic carbocycles. The zero-order valence-corrected chi connectivity index (χ0v) is 7.43. The third-order valence-electron chi connectivity index (χ3n) is 1.94. The number of hydrogen-bond acceptors (Lipinski definition) is 1. The van der Waals surface area contributed by atoms with Crippen LogP contribution in [-0.4, -0.2) is 24.0 Å². The van der Waals surface area contributed by atoms with Gasteiger partial charge in [0.05, 0.1) is 0 Å². The first-order valence-corrected chi connectivity index (χ1v) is 4.11. The average molecular weight is 141 g/mol. The van der Waals surface area contributed by atoms with Crippen LogP contribution in [-0.2, 0) is 0 Å². The van der Waals surface area contributed by atoms with Gasteiger partial charge < -0.3 is 4.90 Å². The first kappa shape index (κ1) is 9.70. The molecule has 0 fully saturated rings. The molecule has 0 saturated carbocycles. The lowest BCUT2D eigenvalue weighted by Gasteiger charge is -2.24. The highest BCUT2D eigenvalue weighted by Crippen LogP contribution is 2.02. The normalized spacial score (nSPS) is 13.6. The molecular formula is C9H19N. The minimum atomic E-state index is 0.660. The maximum absolute atomic E-state index is 3.72. The largest absolute Gasteiger partial charge is 0.301 e. The minimum Gasteiger partial charge on any atom is -0.301 e. The van der Waals surface area contributed by atoms with E-state index in [1.807, 2.05) is 6.08 Å². The van der Waals surface area contributed by atoms with Crippen molar-refractivity contribution < 1.29 is 0 Å². The molecule has 0 aromatic rings. The maximum Gasteiger partial charge on any atom is 0.0101 e. The van der Waals surface area contributed by atoms with Gasteiger partial charge in [-0.2, -0.15) is 0 Å². The lowest BCUT2D eigenvalue weighted by atomic mass is 10.2. The molecule has 0 aliphatic rings. The quantitative estimate of drug-likeness (QED) is 0.531. The summed E-state index contributed by atoms with van der Waals surface area (Å²) in [5.74, 6) is 0. The van der Waals surface area contributed by atoms with Crippen molar-refractivity contribution in [3.8, 4) is 0 Å². The van der Waals surface area contributed by atoms with E-state index in [0.29, 0.717) is 6.04 Å². The van der Waals surface area contributed by atoms with E-state index < -0.39 is 0 Å². The molecule has 60 valence electrons. The Morgan fingerprint density at radius 1 is 1.40 bits per heavy atom. The van der Waals surface area contributed by atoms with Gasteiger partial charge in [0.1, 0.15) is 0 Å². The van der Waals surface area contributed by atoms with Crippen LogP contribution in [0, 0.1) is 0 Å². The summed E-state index contributed by atoms with van der Waals surface area (Å²) in [4.78, 5) is 2.43. The highest BCUT2D eigenvalue weighted by Gasteiger charge is 2.06. The molecule has 0 radical (unpaired) electrons. The fourth-order valence-electron chi connectivity index (χ4n) is 1.24. The van der Waals surface area contributed by atoms with Crippen molar-refractivity contribution in [1.82, 2.24) is 4.90 Å². The topological polar surface area (TPSA) is 3.24 Å². The first-order valence-electron chi connectivity index (χ1n) is 4.11. The molecule has 0 heterocycles. The van der Waals surface area contributed by atoms with Crippen molar-refractivity contribution in [1.29, 1.82) is 0 Å². The molecule has 1 atom stereocenters. The molecule has 1 nitrogen and oxygen atoms in total. The molecule has 0 N–H and O–H groups in total. The molecule has 0 aromatic carbocycles. The lowest BCUT2D eigenvalue weighted by molar-refractivity contribution is 0.233. The van der Waals surface area contributed by atoms with Crippen molar-refractivity contribution in [2.45, 2.75) is 33.2 Å². The molecule has 0 spiro atoms. The summed E-state index contributed by atoms with van der Waals surface area (Å²) in [6.07, 6.45) is 3.09. The van der Waals surface area contributed by atoms with Gasteiger partial charge in [0.2, 0.25) is 0 Å². The van der Waals surface area contributed by atoms with Crippen LogP contribution in [0.15, 0.2) is 12.7 Å². The first-order chi connectivity index (χ1) is 4.76. The molecule has 0 saturated heterocycles. The lowest BCUT2D eigenvalue weighted by Crippen LogP contribution is -2.32. The van der Waals surface area contributed by atoms with Crippen molar-refractivity contribution in [2.24, 2.45) is 0 Å². The van der Waals surface area contributed by atoms with Gasteiger partial charge in [-0.3, -0.25) is 0 Å². The zero-order valence-electron chi connectivity index (χ0n) is 7.43. The second kappa shape index (κ2) is 5.48. The van der Waals surface area contributed by atoms with Crippen LogP contribution in [0.5, 0.6) is 0 Å². The van der Waals surface area contributed by atoms with E-state index in [1.165, 1.54) is 0 Å². The predicted octanol–water partition coefficient (Wildman–Crippen LogP) is 2.29. The van der Waals surface area contributed by atoms with Crippen LogP contribution in [0.3, 0.4) is 0 Å². The van der Waals surface area contributed by atoms with E-state index in [2.05, 4.69) is 32.3 Å². The molecule has 0 bridgehead atoms. The van der Waals surface area contributed by atoms with Crippen LogP contribution >= 0.6 is 0 Å². The minimum absolute atomic E-state index is 0.660. The highest BCUT2D eigenvalue weighted by atomic mass is 15.1. The second-order valence-corrected chi connectivity index (χ2v) is 2.59. The van der Waals surface area contributed by atoms with Crippen molar-refractivity contribution >= 4 is 0 Å². The van der Waals surface area contributed by atoms with E-state index in [9.17, 15) is 0 Å². The molecule has 1 unspecified atom stereocenters. The molecular weight excluding hydrogens is 122 g/mol. The highest BCUT2D eigenvalue weighted by molar-refractivity contribution is 4.75. The van der Waals surface area contributed by atoms with Gasteiger partial charge in [-0.1, -0.05) is 19.9 Å². The molecule has 0 aliphatic heterocycles. The maximum atomic E-state index is 3.72. The monoisotopic (exact) mass is 141 g/mol. The Morgan fingerprint density at radius 2 is 1.90 bits per heavy atom. The number of rotatable bonds is 5. The summed E-state index contributed by atoms with van der Waals surface area (Å²) >= 11 is 0. The van der Waals surface area contributed by atoms with E-state index >= 15 is 0 Å². The smallest absolute Gasteiger partial charge is 0.0101 e. The van der Waals surface area contributed by atoms with Gasteiger partial charge in [0.25, 0.3) is 0 Å². The molecule has 0 amide bonds. The Morgan fingerprint density at radius 3 is 2.20 bits per heavy atom. The summed E-state index contributed by atoms with van der Waals surface area (Å²) in [5.41, 5.74) is 0. The standard InChI is InChI=1S/C9H19N/c1-5-8-9(4)10(6-2)7-3/h5,9H,1,6-8H2,2-4H3. The van der Waals surface area contributed by atoms with Gasteiger partial charge in [-0.25, -0.2) is 0 Å². The molecule has 1 heteroatoms. The molecule has 0 rings (SSSR count). The van der Waals surface area contributed by atoms with Crippen LogP contribution in [0.2, 0.25) is 0 Å². The third-order valence-corrected chi connectivity index (χ3v) is 1.94. The van der Waals surface area contributed by atoms with E-state index in [-0.39, 0.29) is 0 Å². The second-order valence-electron chi connectivity index (χ2n) is 2.59. The number of nitrogens with zero attached hydrogens (tertiary/aromatic N) is 1. The predicted molar refractivity (Wildman–Crippen MR) is 47.2 cm³/mol. The molecule has 0 aromatic heterocycles. The SMILES string of the molecule is C=CCC(C)N(CC)CC. The summed E-state index contributed by atoms with van der Waals surface area (Å²) in [5, 5.41) is 0. The Kier molecular flexibility index (Phi) is 5.32. The van der Waals surface area contributed by atoms with E-state index in [4.69, 9.17) is 0 Å². The fourth-order valence-corrected chi connectivity index (χ4v) is 1.24. The van der Waals surface area contributed by atoms with Gasteiger partial charge in [-0.05, 0) is 26.4 Å². The Hall–Kier alpha value is -0.300. The average Bonchev–Trinajstić information content (AvgIpc) is 1.91. The van der Waals surface area contributed by atoms with Crippen molar-refractivity contribution in [3.63, 3.8) is 0 Å². The van der Waals surface area contributed by atoms with Crippen LogP contribution < -0.4 is 0 Å². The summed E-state index contributed by atoms with van der Waals surface area (Å²) in [6, 6.07) is 0.660. The van der Waals surface area contributed by atoms with E-state index in [1.54, 1.807) is 0 Å². The van der Waals surface area contributed by atoms with Crippen LogP contribution in [0.25, 0.3) is 0 Å². The summed E-state index contributed by atoms with van der Waals surface area (Å²) in [7, 11) is 0. The summed E-state index contributed by atoms with van der Waals surface area (Å²) in [6.45, 7) is 12.7.